The molecule has 0 N–H and O–H groups in total. The van der Waals surface area contributed by atoms with Crippen molar-refractivity contribution in [2.45, 2.75) is 26.0 Å². The number of hydrogen-bond acceptors (Lipinski definition) is 4. The van der Waals surface area contributed by atoms with E-state index in [0.29, 0.717) is 38.4 Å². The number of imidazole rings is 1. The van der Waals surface area contributed by atoms with Gasteiger partial charge < -0.3 is 18.9 Å². The Bertz CT molecular complexity index is 1030. The maximum absolute atomic E-state index is 13.0. The Balaban J connectivity index is 1.36. The summed E-state index contributed by atoms with van der Waals surface area (Å²) in [4.78, 5) is 19.2. The van der Waals surface area contributed by atoms with E-state index in [1.54, 1.807) is 19.2 Å². The lowest BCUT2D eigenvalue weighted by Crippen LogP contribution is -2.34. The molecule has 0 spiro atoms. The average molecular weight is 423 g/mol. The highest BCUT2D eigenvalue weighted by atomic mass is 19.1. The smallest absolute Gasteiger partial charge is 0.226 e. The van der Waals surface area contributed by atoms with E-state index in [9.17, 15) is 9.18 Å². The van der Waals surface area contributed by atoms with Gasteiger partial charge in [0.15, 0.2) is 0 Å². The van der Waals surface area contributed by atoms with E-state index in [1.165, 1.54) is 12.1 Å². The summed E-state index contributed by atoms with van der Waals surface area (Å²) in [6, 6.07) is 14.1. The van der Waals surface area contributed by atoms with Crippen LogP contribution in [0.2, 0.25) is 0 Å². The van der Waals surface area contributed by atoms with Crippen molar-refractivity contribution in [3.05, 3.63) is 71.9 Å². The second-order valence-corrected chi connectivity index (χ2v) is 7.53. The highest BCUT2D eigenvalue weighted by molar-refractivity contribution is 5.76. The number of nitrogens with zero attached hydrogens (tertiary/aromatic N) is 3. The van der Waals surface area contributed by atoms with Crippen molar-refractivity contribution in [3.8, 4) is 17.0 Å². The molecule has 1 aromatic heterocycles. The van der Waals surface area contributed by atoms with Crippen LogP contribution >= 0.6 is 0 Å². The zero-order valence-corrected chi connectivity index (χ0v) is 17.6. The van der Waals surface area contributed by atoms with Gasteiger partial charge in [0.05, 0.1) is 31.5 Å². The minimum Gasteiger partial charge on any atom is -0.493 e. The maximum atomic E-state index is 13.0. The highest BCUT2D eigenvalue weighted by Crippen LogP contribution is 2.24. The van der Waals surface area contributed by atoms with Gasteiger partial charge in [-0.2, -0.15) is 0 Å². The predicted octanol–water partition coefficient (Wildman–Crippen LogP) is 3.69. The Kier molecular flexibility index (Phi) is 6.62. The van der Waals surface area contributed by atoms with E-state index in [0.717, 1.165) is 22.6 Å². The number of hydrogen-bond donors (Lipinski definition) is 0. The fourth-order valence-electron chi connectivity index (χ4n) is 3.84. The molecular formula is C24H26FN3O3. The lowest BCUT2D eigenvalue weighted by molar-refractivity contribution is -0.131. The minimum absolute atomic E-state index is 0.0523. The number of methoxy groups -OCH3 is 1. The molecule has 1 aliphatic rings. The molecule has 1 amide bonds. The molecule has 0 aliphatic carbocycles. The molecule has 0 saturated carbocycles. The molecule has 1 aliphatic heterocycles. The lowest BCUT2D eigenvalue weighted by atomic mass is 10.1. The normalized spacial score (nSPS) is 13.5. The van der Waals surface area contributed by atoms with Crippen molar-refractivity contribution >= 4 is 5.91 Å². The minimum atomic E-state index is -0.310. The van der Waals surface area contributed by atoms with E-state index >= 15 is 0 Å². The topological polar surface area (TPSA) is 56.6 Å². The molecule has 2 aromatic carbocycles. The monoisotopic (exact) mass is 423 g/mol. The molecule has 0 saturated heterocycles. The van der Waals surface area contributed by atoms with E-state index in [-0.39, 0.29) is 24.8 Å². The number of benzene rings is 2. The average Bonchev–Trinajstić information content (AvgIpc) is 3.06. The number of aromatic nitrogens is 2. The molecule has 0 unspecified atom stereocenters. The van der Waals surface area contributed by atoms with Gasteiger partial charge in [-0.3, -0.25) is 4.79 Å². The van der Waals surface area contributed by atoms with Crippen LogP contribution in [0.25, 0.3) is 11.3 Å². The Labute approximate surface area is 181 Å². The van der Waals surface area contributed by atoms with Crippen LogP contribution in [-0.2, 0) is 29.1 Å². The largest absolute Gasteiger partial charge is 0.493 e. The molecule has 0 bridgehead atoms. The zero-order chi connectivity index (χ0) is 21.6. The van der Waals surface area contributed by atoms with E-state index < -0.39 is 0 Å². The quantitative estimate of drug-likeness (QED) is 0.582. The third-order valence-corrected chi connectivity index (χ3v) is 5.42. The van der Waals surface area contributed by atoms with Gasteiger partial charge in [0.2, 0.25) is 5.91 Å². The van der Waals surface area contributed by atoms with Crippen LogP contribution in [0.4, 0.5) is 4.39 Å². The summed E-state index contributed by atoms with van der Waals surface area (Å²) >= 11 is 0. The second-order valence-electron chi connectivity index (χ2n) is 7.53. The van der Waals surface area contributed by atoms with Crippen LogP contribution in [0.3, 0.4) is 0 Å². The number of rotatable bonds is 7. The third kappa shape index (κ3) is 5.11. The highest BCUT2D eigenvalue weighted by Gasteiger charge is 2.21. The first kappa shape index (κ1) is 21.1. The molecule has 31 heavy (non-hydrogen) atoms. The molecule has 162 valence electrons. The predicted molar refractivity (Wildman–Crippen MR) is 115 cm³/mol. The first-order valence-corrected chi connectivity index (χ1v) is 10.4. The van der Waals surface area contributed by atoms with Gasteiger partial charge in [-0.1, -0.05) is 18.2 Å². The van der Waals surface area contributed by atoms with Gasteiger partial charge in [0.1, 0.15) is 17.4 Å². The number of amides is 1. The van der Waals surface area contributed by atoms with Gasteiger partial charge in [0.25, 0.3) is 0 Å². The van der Waals surface area contributed by atoms with Gasteiger partial charge >= 0.3 is 0 Å². The Hall–Kier alpha value is -3.19. The van der Waals surface area contributed by atoms with Gasteiger partial charge in [0, 0.05) is 38.7 Å². The summed E-state index contributed by atoms with van der Waals surface area (Å²) in [6.07, 6.45) is 2.91. The Morgan fingerprint density at radius 3 is 2.77 bits per heavy atom. The number of carbonyl (C=O) groups excluding carboxylic acids is 1. The van der Waals surface area contributed by atoms with Crippen molar-refractivity contribution in [3.63, 3.8) is 0 Å². The van der Waals surface area contributed by atoms with Crippen molar-refractivity contribution in [1.82, 2.24) is 14.5 Å². The van der Waals surface area contributed by atoms with Crippen LogP contribution in [-0.4, -0.2) is 47.2 Å². The van der Waals surface area contributed by atoms with E-state index in [2.05, 4.69) is 21.7 Å². The molecule has 3 aromatic rings. The fraction of sp³-hybridized carbons (Fsp3) is 0.333. The number of halogens is 1. The van der Waals surface area contributed by atoms with Crippen LogP contribution in [0, 0.1) is 5.82 Å². The van der Waals surface area contributed by atoms with Crippen molar-refractivity contribution < 1.29 is 18.7 Å². The molecular weight excluding hydrogens is 397 g/mol. The van der Waals surface area contributed by atoms with E-state index in [4.69, 9.17) is 9.47 Å². The second kappa shape index (κ2) is 9.75. The first-order valence-electron chi connectivity index (χ1n) is 10.4. The summed E-state index contributed by atoms with van der Waals surface area (Å²) < 4.78 is 26.0. The summed E-state index contributed by atoms with van der Waals surface area (Å²) in [6.45, 7) is 2.79. The number of fused-ring (bicyclic) bond motifs is 1. The number of carbonyl (C=O) groups is 1. The molecule has 6 nitrogen and oxygen atoms in total. The maximum Gasteiger partial charge on any atom is 0.226 e. The summed E-state index contributed by atoms with van der Waals surface area (Å²) in [5.74, 6) is 1.29. The summed E-state index contributed by atoms with van der Waals surface area (Å²) in [5, 5.41) is 0. The summed E-state index contributed by atoms with van der Waals surface area (Å²) in [5.41, 5.74) is 3.27. The van der Waals surface area contributed by atoms with E-state index in [1.807, 2.05) is 23.2 Å². The standard InChI is InChI=1S/C24H26FN3O3/c1-30-17-18-3-2-4-19(15-18)22-16-26-23-9-11-27(12-13-28(22)23)24(29)10-14-31-21-7-5-20(25)6-8-21/h2-8,15-16H,9-14,17H2,1H3. The Morgan fingerprint density at radius 1 is 1.13 bits per heavy atom. The molecule has 0 radical (unpaired) electrons. The van der Waals surface area contributed by atoms with Crippen molar-refractivity contribution in [1.29, 1.82) is 0 Å². The van der Waals surface area contributed by atoms with Gasteiger partial charge in [-0.05, 0) is 35.9 Å². The lowest BCUT2D eigenvalue weighted by Gasteiger charge is -2.20. The zero-order valence-electron chi connectivity index (χ0n) is 17.6. The molecule has 0 atom stereocenters. The van der Waals surface area contributed by atoms with Gasteiger partial charge in [-0.15, -0.1) is 0 Å². The summed E-state index contributed by atoms with van der Waals surface area (Å²) in [7, 11) is 1.69. The number of ether oxygens (including phenoxy) is 2. The molecule has 2 heterocycles. The Morgan fingerprint density at radius 2 is 1.97 bits per heavy atom. The van der Waals surface area contributed by atoms with Crippen molar-refractivity contribution in [2.75, 3.05) is 26.8 Å². The first-order chi connectivity index (χ1) is 15.1. The molecule has 0 fully saturated rings. The molecule has 7 heteroatoms. The molecule has 4 rings (SSSR count). The van der Waals surface area contributed by atoms with Gasteiger partial charge in [-0.25, -0.2) is 9.37 Å². The van der Waals surface area contributed by atoms with Crippen LogP contribution < -0.4 is 4.74 Å². The van der Waals surface area contributed by atoms with Crippen LogP contribution in [0.5, 0.6) is 5.75 Å². The third-order valence-electron chi connectivity index (χ3n) is 5.42. The van der Waals surface area contributed by atoms with Crippen LogP contribution in [0.15, 0.2) is 54.7 Å². The van der Waals surface area contributed by atoms with Crippen LogP contribution in [0.1, 0.15) is 17.8 Å². The van der Waals surface area contributed by atoms with Crippen molar-refractivity contribution in [2.24, 2.45) is 0 Å². The SMILES string of the molecule is COCc1cccc(-c2cnc3n2CCN(C(=O)CCOc2ccc(F)cc2)CC3)c1. The fourth-order valence-corrected chi connectivity index (χ4v) is 3.84.